The first-order valence-electron chi connectivity index (χ1n) is 7.03. The van der Waals surface area contributed by atoms with Gasteiger partial charge in [-0.15, -0.1) is 11.8 Å². The number of thioether (sulfide) groups is 1. The zero-order chi connectivity index (χ0) is 16.1. The van der Waals surface area contributed by atoms with Crippen molar-refractivity contribution in [3.8, 4) is 22.9 Å². The summed E-state index contributed by atoms with van der Waals surface area (Å²) in [6, 6.07) is 15.4. The van der Waals surface area contributed by atoms with Crippen LogP contribution in [0.15, 0.2) is 57.9 Å². The van der Waals surface area contributed by atoms with Crippen molar-refractivity contribution in [2.75, 3.05) is 13.4 Å². The summed E-state index contributed by atoms with van der Waals surface area (Å²) in [6.45, 7) is 0.223. The molecule has 0 N–H and O–H groups in total. The van der Waals surface area contributed by atoms with E-state index in [0.29, 0.717) is 17.5 Å². The van der Waals surface area contributed by atoms with Crippen LogP contribution < -0.4 is 9.47 Å². The molecule has 1 heterocycles. The van der Waals surface area contributed by atoms with Gasteiger partial charge in [0.2, 0.25) is 5.82 Å². The fourth-order valence-electron chi connectivity index (χ4n) is 2.07. The summed E-state index contributed by atoms with van der Waals surface area (Å²) < 4.78 is 16.2. The Balaban J connectivity index is 1.69. The van der Waals surface area contributed by atoms with Gasteiger partial charge in [0.1, 0.15) is 11.5 Å². The average Bonchev–Trinajstić information content (AvgIpc) is 3.09. The number of hydrogen-bond donors (Lipinski definition) is 0. The molecule has 3 rings (SSSR count). The first kappa shape index (κ1) is 15.4. The molecule has 118 valence electrons. The van der Waals surface area contributed by atoms with Crippen molar-refractivity contribution in [1.29, 1.82) is 0 Å². The number of rotatable bonds is 6. The summed E-state index contributed by atoms with van der Waals surface area (Å²) >= 11 is 1.69. The Kier molecular flexibility index (Phi) is 4.83. The van der Waals surface area contributed by atoms with Crippen LogP contribution in [-0.4, -0.2) is 23.5 Å². The Labute approximate surface area is 138 Å². The van der Waals surface area contributed by atoms with Gasteiger partial charge >= 0.3 is 0 Å². The minimum atomic E-state index is 0.223. The minimum absolute atomic E-state index is 0.223. The Bertz CT molecular complexity index is 772. The van der Waals surface area contributed by atoms with Gasteiger partial charge in [-0.1, -0.05) is 17.3 Å². The third-order valence-electron chi connectivity index (χ3n) is 3.24. The van der Waals surface area contributed by atoms with Gasteiger partial charge in [0.15, 0.2) is 6.61 Å². The standard InChI is InChI=1S/C17H16N2O3S/c1-20-15-6-4-3-5-14(15)17-18-16(22-19-17)11-21-12-7-9-13(23-2)10-8-12/h3-10H,11H2,1-2H3. The van der Waals surface area contributed by atoms with Gasteiger partial charge in [-0.2, -0.15) is 4.98 Å². The third kappa shape index (κ3) is 3.65. The van der Waals surface area contributed by atoms with E-state index in [1.807, 2.05) is 54.8 Å². The maximum atomic E-state index is 5.66. The maximum absolute atomic E-state index is 5.66. The zero-order valence-corrected chi connectivity index (χ0v) is 13.7. The topological polar surface area (TPSA) is 57.4 Å². The number of aromatic nitrogens is 2. The van der Waals surface area contributed by atoms with Gasteiger partial charge in [-0.25, -0.2) is 0 Å². The molecule has 23 heavy (non-hydrogen) atoms. The molecule has 2 aromatic carbocycles. The van der Waals surface area contributed by atoms with Gasteiger partial charge in [0.25, 0.3) is 5.89 Å². The van der Waals surface area contributed by atoms with Crippen molar-refractivity contribution >= 4 is 11.8 Å². The highest BCUT2D eigenvalue weighted by Gasteiger charge is 2.13. The van der Waals surface area contributed by atoms with E-state index in [2.05, 4.69) is 10.1 Å². The number of hydrogen-bond acceptors (Lipinski definition) is 6. The largest absolute Gasteiger partial charge is 0.496 e. The quantitative estimate of drug-likeness (QED) is 0.636. The first-order valence-corrected chi connectivity index (χ1v) is 8.25. The van der Waals surface area contributed by atoms with Crippen LogP contribution in [-0.2, 0) is 6.61 Å². The number of ether oxygens (including phenoxy) is 2. The van der Waals surface area contributed by atoms with E-state index >= 15 is 0 Å². The molecule has 1 aromatic heterocycles. The molecule has 0 unspecified atom stereocenters. The number of benzene rings is 2. The van der Waals surface area contributed by atoms with Crippen LogP contribution in [0.5, 0.6) is 11.5 Å². The Morgan fingerprint density at radius 1 is 1.09 bits per heavy atom. The molecule has 0 amide bonds. The molecule has 0 spiro atoms. The van der Waals surface area contributed by atoms with Crippen molar-refractivity contribution in [2.24, 2.45) is 0 Å². The zero-order valence-electron chi connectivity index (χ0n) is 12.9. The van der Waals surface area contributed by atoms with Gasteiger partial charge in [-0.3, -0.25) is 0 Å². The highest BCUT2D eigenvalue weighted by atomic mass is 32.2. The molecule has 0 saturated carbocycles. The monoisotopic (exact) mass is 328 g/mol. The van der Waals surface area contributed by atoms with Crippen LogP contribution in [0.25, 0.3) is 11.4 Å². The molecular weight excluding hydrogens is 312 g/mol. The minimum Gasteiger partial charge on any atom is -0.496 e. The Hall–Kier alpha value is -2.47. The van der Waals surface area contributed by atoms with Crippen LogP contribution in [0.3, 0.4) is 0 Å². The molecule has 0 saturated heterocycles. The van der Waals surface area contributed by atoms with Crippen molar-refractivity contribution in [2.45, 2.75) is 11.5 Å². The van der Waals surface area contributed by atoms with E-state index < -0.39 is 0 Å². The predicted molar refractivity (Wildman–Crippen MR) is 88.8 cm³/mol. The lowest BCUT2D eigenvalue weighted by Crippen LogP contribution is -1.95. The average molecular weight is 328 g/mol. The molecule has 0 aliphatic heterocycles. The summed E-state index contributed by atoms with van der Waals surface area (Å²) in [5.74, 6) is 2.37. The summed E-state index contributed by atoms with van der Waals surface area (Å²) in [7, 11) is 1.61. The normalized spacial score (nSPS) is 10.5. The van der Waals surface area contributed by atoms with Crippen LogP contribution in [0, 0.1) is 0 Å². The lowest BCUT2D eigenvalue weighted by Gasteiger charge is -2.04. The van der Waals surface area contributed by atoms with Gasteiger partial charge in [-0.05, 0) is 42.7 Å². The van der Waals surface area contributed by atoms with Crippen LogP contribution in [0.2, 0.25) is 0 Å². The van der Waals surface area contributed by atoms with E-state index in [4.69, 9.17) is 14.0 Å². The fourth-order valence-corrected chi connectivity index (χ4v) is 2.48. The molecule has 0 fully saturated rings. The maximum Gasteiger partial charge on any atom is 0.264 e. The molecule has 0 radical (unpaired) electrons. The lowest BCUT2D eigenvalue weighted by atomic mass is 10.2. The third-order valence-corrected chi connectivity index (χ3v) is 3.98. The summed E-state index contributed by atoms with van der Waals surface area (Å²) in [4.78, 5) is 5.54. The van der Waals surface area contributed by atoms with Gasteiger partial charge in [0, 0.05) is 4.90 Å². The van der Waals surface area contributed by atoms with Crippen molar-refractivity contribution in [3.63, 3.8) is 0 Å². The van der Waals surface area contributed by atoms with E-state index in [1.54, 1.807) is 18.9 Å². The smallest absolute Gasteiger partial charge is 0.264 e. The van der Waals surface area contributed by atoms with Crippen molar-refractivity contribution in [1.82, 2.24) is 10.1 Å². The van der Waals surface area contributed by atoms with E-state index in [0.717, 1.165) is 11.3 Å². The second-order valence-electron chi connectivity index (χ2n) is 4.68. The summed E-state index contributed by atoms with van der Waals surface area (Å²) in [5.41, 5.74) is 0.786. The van der Waals surface area contributed by atoms with Crippen LogP contribution in [0.4, 0.5) is 0 Å². The number of para-hydroxylation sites is 1. The Morgan fingerprint density at radius 3 is 2.61 bits per heavy atom. The van der Waals surface area contributed by atoms with Crippen molar-refractivity contribution < 1.29 is 14.0 Å². The molecule has 0 aliphatic rings. The number of nitrogens with zero attached hydrogens (tertiary/aromatic N) is 2. The highest BCUT2D eigenvalue weighted by Crippen LogP contribution is 2.27. The lowest BCUT2D eigenvalue weighted by molar-refractivity contribution is 0.243. The van der Waals surface area contributed by atoms with Crippen molar-refractivity contribution in [3.05, 3.63) is 54.4 Å². The van der Waals surface area contributed by atoms with E-state index in [-0.39, 0.29) is 6.61 Å². The second kappa shape index (κ2) is 7.19. The van der Waals surface area contributed by atoms with E-state index in [9.17, 15) is 0 Å². The molecule has 5 nitrogen and oxygen atoms in total. The molecule has 0 bridgehead atoms. The molecular formula is C17H16N2O3S. The Morgan fingerprint density at radius 2 is 1.87 bits per heavy atom. The van der Waals surface area contributed by atoms with Crippen LogP contribution >= 0.6 is 11.8 Å². The second-order valence-corrected chi connectivity index (χ2v) is 5.56. The number of methoxy groups -OCH3 is 1. The van der Waals surface area contributed by atoms with Gasteiger partial charge < -0.3 is 14.0 Å². The predicted octanol–water partition coefficient (Wildman–Crippen LogP) is 4.05. The van der Waals surface area contributed by atoms with Crippen LogP contribution in [0.1, 0.15) is 5.89 Å². The molecule has 0 aliphatic carbocycles. The SMILES string of the molecule is COc1ccccc1-c1noc(COc2ccc(SC)cc2)n1. The molecule has 3 aromatic rings. The van der Waals surface area contributed by atoms with Gasteiger partial charge in [0.05, 0.1) is 12.7 Å². The molecule has 6 heteroatoms. The summed E-state index contributed by atoms with van der Waals surface area (Å²) in [6.07, 6.45) is 2.04. The van der Waals surface area contributed by atoms with E-state index in [1.165, 1.54) is 4.90 Å². The fraction of sp³-hybridized carbons (Fsp3) is 0.176. The highest BCUT2D eigenvalue weighted by molar-refractivity contribution is 7.98. The summed E-state index contributed by atoms with van der Waals surface area (Å²) in [5, 5.41) is 3.99. The molecule has 0 atom stereocenters. The first-order chi connectivity index (χ1) is 11.3.